The highest BCUT2D eigenvalue weighted by Crippen LogP contribution is 2.51. The average molecular weight is 554 g/mol. The lowest BCUT2D eigenvalue weighted by Crippen LogP contribution is -2.41. The van der Waals surface area contributed by atoms with Gasteiger partial charge in [0.1, 0.15) is 23.0 Å². The van der Waals surface area contributed by atoms with Crippen LogP contribution in [0.4, 0.5) is 0 Å². The Morgan fingerprint density at radius 1 is 0.854 bits per heavy atom. The van der Waals surface area contributed by atoms with E-state index in [1.54, 1.807) is 7.11 Å². The summed E-state index contributed by atoms with van der Waals surface area (Å²) in [5, 5.41) is 13.7. The molecule has 2 atom stereocenters. The Bertz CT molecular complexity index is 1540. The van der Waals surface area contributed by atoms with Crippen molar-refractivity contribution < 1.29 is 19.3 Å². The summed E-state index contributed by atoms with van der Waals surface area (Å²) in [7, 11) is 1.70. The molecule has 5 heteroatoms. The van der Waals surface area contributed by atoms with Gasteiger partial charge < -0.3 is 19.3 Å². The summed E-state index contributed by atoms with van der Waals surface area (Å²) in [4.78, 5) is 2.54. The highest BCUT2D eigenvalue weighted by molar-refractivity contribution is 6.06. The van der Waals surface area contributed by atoms with Crippen LogP contribution >= 0.6 is 0 Å². The third-order valence-electron chi connectivity index (χ3n) is 8.08. The van der Waals surface area contributed by atoms with Crippen LogP contribution in [0.15, 0.2) is 60.7 Å². The van der Waals surface area contributed by atoms with Crippen LogP contribution in [-0.2, 0) is 13.0 Å². The minimum Gasteiger partial charge on any atom is -0.507 e. The molecule has 5 nitrogen and oxygen atoms in total. The van der Waals surface area contributed by atoms with Gasteiger partial charge in [0, 0.05) is 35.8 Å². The normalized spacial score (nSPS) is 17.2. The van der Waals surface area contributed by atoms with Gasteiger partial charge in [-0.05, 0) is 94.7 Å². The molecule has 0 unspecified atom stereocenters. The zero-order chi connectivity index (χ0) is 29.4. The van der Waals surface area contributed by atoms with Gasteiger partial charge in [0.15, 0.2) is 0 Å². The predicted molar refractivity (Wildman–Crippen MR) is 167 cm³/mol. The maximum Gasteiger partial charge on any atom is 0.131 e. The molecule has 216 valence electrons. The van der Waals surface area contributed by atoms with Gasteiger partial charge in [0.25, 0.3) is 0 Å². The second kappa shape index (κ2) is 11.7. The molecule has 1 aliphatic heterocycles. The zero-order valence-electron chi connectivity index (χ0n) is 25.6. The maximum atomic E-state index is 11.8. The predicted octanol–water partition coefficient (Wildman–Crippen LogP) is 8.61. The van der Waals surface area contributed by atoms with E-state index in [2.05, 4.69) is 68.1 Å². The number of fused-ring (bicyclic) bond motifs is 2. The van der Waals surface area contributed by atoms with Crippen LogP contribution in [0, 0.1) is 6.92 Å². The lowest BCUT2D eigenvalue weighted by Gasteiger charge is -2.42. The van der Waals surface area contributed by atoms with Crippen molar-refractivity contribution in [3.05, 3.63) is 82.9 Å². The molecule has 0 saturated heterocycles. The molecule has 0 aromatic heterocycles. The van der Waals surface area contributed by atoms with Gasteiger partial charge in [0.2, 0.25) is 0 Å². The number of hydrogen-bond acceptors (Lipinski definition) is 5. The number of hydrogen-bond donors (Lipinski definition) is 1. The molecule has 0 radical (unpaired) electrons. The molecule has 0 fully saturated rings. The molecule has 4 aromatic carbocycles. The first-order chi connectivity index (χ1) is 19.6. The van der Waals surface area contributed by atoms with Crippen LogP contribution in [-0.4, -0.2) is 35.4 Å². The number of phenolic OH excluding ortho intramolecular Hbond substituents is 1. The first kappa shape index (κ1) is 28.8. The van der Waals surface area contributed by atoms with Gasteiger partial charge >= 0.3 is 0 Å². The molecule has 1 heterocycles. The average Bonchev–Trinajstić information content (AvgIpc) is 2.91. The van der Waals surface area contributed by atoms with E-state index in [0.717, 1.165) is 68.8 Å². The molecule has 41 heavy (non-hydrogen) atoms. The van der Waals surface area contributed by atoms with E-state index in [1.807, 2.05) is 45.9 Å². The minimum absolute atomic E-state index is 0.0148. The van der Waals surface area contributed by atoms with Crippen molar-refractivity contribution in [1.29, 1.82) is 0 Å². The summed E-state index contributed by atoms with van der Waals surface area (Å²) >= 11 is 0. The molecule has 0 amide bonds. The summed E-state index contributed by atoms with van der Waals surface area (Å²) in [6.07, 6.45) is 0.790. The summed E-state index contributed by atoms with van der Waals surface area (Å²) in [5.41, 5.74) is 6.51. The van der Waals surface area contributed by atoms with Gasteiger partial charge in [-0.15, -0.1) is 0 Å². The van der Waals surface area contributed by atoms with Crippen molar-refractivity contribution in [2.24, 2.45) is 0 Å². The summed E-state index contributed by atoms with van der Waals surface area (Å²) in [5.74, 6) is 2.54. The van der Waals surface area contributed by atoms with E-state index in [-0.39, 0.29) is 30.0 Å². The Balaban J connectivity index is 1.77. The number of ether oxygens (including phenoxy) is 3. The Kier molecular flexibility index (Phi) is 8.19. The third-order valence-corrected chi connectivity index (χ3v) is 8.08. The smallest absolute Gasteiger partial charge is 0.131 e. The molecule has 0 bridgehead atoms. The molecule has 1 N–H and O–H groups in total. The van der Waals surface area contributed by atoms with E-state index in [9.17, 15) is 5.11 Å². The number of rotatable bonds is 8. The first-order valence-corrected chi connectivity index (χ1v) is 14.7. The van der Waals surface area contributed by atoms with Crippen LogP contribution in [0.25, 0.3) is 21.9 Å². The number of aryl methyl sites for hydroxylation is 1. The Hall–Kier alpha value is -3.70. The van der Waals surface area contributed by atoms with Gasteiger partial charge in [0.05, 0.1) is 24.7 Å². The van der Waals surface area contributed by atoms with Gasteiger partial charge in [-0.1, -0.05) is 42.5 Å². The van der Waals surface area contributed by atoms with E-state index in [0.29, 0.717) is 0 Å². The standard InChI is InChI=1S/C36H43NO4/c1-21(2)40-30-16-12-15-27-33(23(5)17-31(39-8)36(27)30)35-28-18-24(6)37(20-26-13-10-9-11-14-26)25(7)34(28)32(19-29(35)38)41-22(3)4/h9-17,19,21-22,24-25,38H,18,20H2,1-8H3/t24-,25-/m1/s1. The molecule has 4 aromatic rings. The fraction of sp³-hybridized carbons (Fsp3) is 0.389. The molecule has 0 aliphatic carbocycles. The van der Waals surface area contributed by atoms with E-state index in [4.69, 9.17) is 14.2 Å². The lowest BCUT2D eigenvalue weighted by molar-refractivity contribution is 0.123. The van der Waals surface area contributed by atoms with Crippen LogP contribution in [0.3, 0.4) is 0 Å². The number of methoxy groups -OCH3 is 1. The van der Waals surface area contributed by atoms with Gasteiger partial charge in [-0.3, -0.25) is 4.90 Å². The van der Waals surface area contributed by atoms with Crippen molar-refractivity contribution >= 4 is 10.8 Å². The summed E-state index contributed by atoms with van der Waals surface area (Å²) in [6, 6.07) is 21.0. The van der Waals surface area contributed by atoms with Crippen molar-refractivity contribution in [1.82, 2.24) is 4.90 Å². The van der Waals surface area contributed by atoms with E-state index >= 15 is 0 Å². The largest absolute Gasteiger partial charge is 0.507 e. The zero-order valence-corrected chi connectivity index (χ0v) is 25.6. The number of benzene rings is 4. The fourth-order valence-corrected chi connectivity index (χ4v) is 6.45. The van der Waals surface area contributed by atoms with Crippen LogP contribution in [0.2, 0.25) is 0 Å². The molecule has 5 rings (SSSR count). The molecule has 0 spiro atoms. The van der Waals surface area contributed by atoms with Crippen molar-refractivity contribution in [3.63, 3.8) is 0 Å². The quantitative estimate of drug-likeness (QED) is 0.237. The topological polar surface area (TPSA) is 51.2 Å². The minimum atomic E-state index is -0.0160. The Morgan fingerprint density at radius 3 is 2.20 bits per heavy atom. The van der Waals surface area contributed by atoms with Crippen LogP contribution < -0.4 is 14.2 Å². The first-order valence-electron chi connectivity index (χ1n) is 14.7. The summed E-state index contributed by atoms with van der Waals surface area (Å²) < 4.78 is 18.5. The van der Waals surface area contributed by atoms with E-state index < -0.39 is 0 Å². The Morgan fingerprint density at radius 2 is 1.54 bits per heavy atom. The highest BCUT2D eigenvalue weighted by Gasteiger charge is 2.36. The molecule has 0 saturated carbocycles. The fourth-order valence-electron chi connectivity index (χ4n) is 6.45. The van der Waals surface area contributed by atoms with Gasteiger partial charge in [-0.25, -0.2) is 0 Å². The molecular formula is C36H43NO4. The lowest BCUT2D eigenvalue weighted by atomic mass is 9.80. The van der Waals surface area contributed by atoms with Gasteiger partial charge in [-0.2, -0.15) is 0 Å². The number of phenols is 1. The van der Waals surface area contributed by atoms with Crippen molar-refractivity contribution in [2.45, 2.75) is 85.7 Å². The van der Waals surface area contributed by atoms with Crippen LogP contribution in [0.5, 0.6) is 23.0 Å². The molecule has 1 aliphatic rings. The second-order valence-electron chi connectivity index (χ2n) is 11.8. The SMILES string of the molecule is COc1cc(C)c(-c2c(O)cc(OC(C)C)c3c2C[C@@H](C)N(Cc2ccccc2)[C@@H]3C)c2cccc(OC(C)C)c12. The second-order valence-corrected chi connectivity index (χ2v) is 11.8. The number of aromatic hydroxyl groups is 1. The highest BCUT2D eigenvalue weighted by atomic mass is 16.5. The van der Waals surface area contributed by atoms with Crippen molar-refractivity contribution in [2.75, 3.05) is 7.11 Å². The summed E-state index contributed by atoms with van der Waals surface area (Å²) in [6.45, 7) is 15.6. The third kappa shape index (κ3) is 5.48. The van der Waals surface area contributed by atoms with Crippen molar-refractivity contribution in [3.8, 4) is 34.1 Å². The monoisotopic (exact) mass is 553 g/mol. The number of nitrogens with zero attached hydrogens (tertiary/aromatic N) is 1. The Labute approximate surface area is 244 Å². The van der Waals surface area contributed by atoms with E-state index in [1.165, 1.54) is 5.56 Å². The molecular weight excluding hydrogens is 510 g/mol. The van der Waals surface area contributed by atoms with Crippen LogP contribution in [0.1, 0.15) is 69.8 Å². The maximum absolute atomic E-state index is 11.8.